The normalized spacial score (nSPS) is 19.9. The number of nitrogens with zero attached hydrogens (tertiary/aromatic N) is 4. The summed E-state index contributed by atoms with van der Waals surface area (Å²) in [6, 6.07) is 2.18. The van der Waals surface area contributed by atoms with E-state index in [4.69, 9.17) is 4.98 Å². The summed E-state index contributed by atoms with van der Waals surface area (Å²) < 4.78 is 28.4. The van der Waals surface area contributed by atoms with Crippen molar-refractivity contribution in [2.75, 3.05) is 18.8 Å². The lowest BCUT2D eigenvalue weighted by Gasteiger charge is -2.18. The largest absolute Gasteiger partial charge is 0.324 e. The van der Waals surface area contributed by atoms with Crippen LogP contribution in [0.5, 0.6) is 0 Å². The monoisotopic (exact) mass is 336 g/mol. The molecule has 7 heteroatoms. The predicted molar refractivity (Wildman–Crippen MR) is 90.9 cm³/mol. The van der Waals surface area contributed by atoms with E-state index in [0.29, 0.717) is 19.5 Å². The Morgan fingerprint density at radius 3 is 2.87 bits per heavy atom. The maximum absolute atomic E-state index is 12.3. The fourth-order valence-corrected chi connectivity index (χ4v) is 4.93. The Morgan fingerprint density at radius 2 is 2.17 bits per heavy atom. The van der Waals surface area contributed by atoms with Crippen LogP contribution in [0, 0.1) is 0 Å². The molecule has 3 rings (SSSR count). The lowest BCUT2D eigenvalue weighted by Crippen LogP contribution is -2.30. The molecule has 0 bridgehead atoms. The Hall–Kier alpha value is -1.47. The standard InChI is InChI=1S/C16H24N4O2S/c1-4-9-23(21,22)19-8-6-13(11-19)16-18-14-5-7-17-10-15(14)20(16)12(2)3/h5,7,10,12-13H,4,6,8-9,11H2,1-3H3. The molecule has 1 aliphatic rings. The molecular formula is C16H24N4O2S. The van der Waals surface area contributed by atoms with Crippen LogP contribution in [0.2, 0.25) is 0 Å². The summed E-state index contributed by atoms with van der Waals surface area (Å²) in [6.07, 6.45) is 5.06. The van der Waals surface area contributed by atoms with E-state index in [9.17, 15) is 8.42 Å². The molecule has 1 atom stereocenters. The molecule has 6 nitrogen and oxygen atoms in total. The van der Waals surface area contributed by atoms with Crippen LogP contribution in [0.1, 0.15) is 51.4 Å². The molecule has 0 amide bonds. The number of fused-ring (bicyclic) bond motifs is 1. The van der Waals surface area contributed by atoms with E-state index < -0.39 is 10.0 Å². The molecule has 2 aromatic rings. The van der Waals surface area contributed by atoms with Crippen molar-refractivity contribution in [1.82, 2.24) is 18.8 Å². The second-order valence-corrected chi connectivity index (χ2v) is 8.55. The zero-order chi connectivity index (χ0) is 16.6. The van der Waals surface area contributed by atoms with Gasteiger partial charge in [0.15, 0.2) is 0 Å². The van der Waals surface area contributed by atoms with Gasteiger partial charge in [-0.05, 0) is 32.8 Å². The summed E-state index contributed by atoms with van der Waals surface area (Å²) in [4.78, 5) is 8.99. The molecule has 0 aromatic carbocycles. The molecule has 2 aromatic heterocycles. The maximum Gasteiger partial charge on any atom is 0.214 e. The van der Waals surface area contributed by atoms with Gasteiger partial charge < -0.3 is 4.57 Å². The molecule has 3 heterocycles. The van der Waals surface area contributed by atoms with Gasteiger partial charge in [-0.25, -0.2) is 17.7 Å². The lowest BCUT2D eigenvalue weighted by atomic mass is 10.1. The molecule has 0 saturated carbocycles. The molecule has 1 fully saturated rings. The van der Waals surface area contributed by atoms with Crippen molar-refractivity contribution in [3.8, 4) is 0 Å². The van der Waals surface area contributed by atoms with Gasteiger partial charge in [-0.15, -0.1) is 0 Å². The van der Waals surface area contributed by atoms with Gasteiger partial charge in [-0.3, -0.25) is 4.98 Å². The summed E-state index contributed by atoms with van der Waals surface area (Å²) >= 11 is 0. The summed E-state index contributed by atoms with van der Waals surface area (Å²) in [7, 11) is -3.13. The van der Waals surface area contributed by atoms with Crippen LogP contribution >= 0.6 is 0 Å². The van der Waals surface area contributed by atoms with Gasteiger partial charge in [0, 0.05) is 31.2 Å². The zero-order valence-corrected chi connectivity index (χ0v) is 14.8. The zero-order valence-electron chi connectivity index (χ0n) is 13.9. The van der Waals surface area contributed by atoms with Crippen molar-refractivity contribution in [3.05, 3.63) is 24.3 Å². The third kappa shape index (κ3) is 2.99. The first-order valence-electron chi connectivity index (χ1n) is 8.23. The van der Waals surface area contributed by atoms with Gasteiger partial charge >= 0.3 is 0 Å². The fraction of sp³-hybridized carbons (Fsp3) is 0.625. The van der Waals surface area contributed by atoms with E-state index in [1.807, 2.05) is 19.2 Å². The summed E-state index contributed by atoms with van der Waals surface area (Å²) in [5.74, 6) is 1.36. The minimum Gasteiger partial charge on any atom is -0.324 e. The number of aromatic nitrogens is 3. The quantitative estimate of drug-likeness (QED) is 0.841. The number of pyridine rings is 1. The Bertz CT molecular complexity index is 798. The van der Waals surface area contributed by atoms with Gasteiger partial charge in [0.1, 0.15) is 5.82 Å². The van der Waals surface area contributed by atoms with Crippen molar-refractivity contribution in [3.63, 3.8) is 0 Å². The van der Waals surface area contributed by atoms with Crippen molar-refractivity contribution in [2.24, 2.45) is 0 Å². The van der Waals surface area contributed by atoms with Crippen LogP contribution in [0.15, 0.2) is 18.5 Å². The molecule has 126 valence electrons. The second-order valence-electron chi connectivity index (χ2n) is 6.46. The average Bonchev–Trinajstić information content (AvgIpc) is 3.12. The molecule has 0 spiro atoms. The van der Waals surface area contributed by atoms with Crippen molar-refractivity contribution in [1.29, 1.82) is 0 Å². The topological polar surface area (TPSA) is 68.1 Å². The van der Waals surface area contributed by atoms with Crippen LogP contribution < -0.4 is 0 Å². The Morgan fingerprint density at radius 1 is 1.39 bits per heavy atom. The molecular weight excluding hydrogens is 312 g/mol. The van der Waals surface area contributed by atoms with E-state index in [2.05, 4.69) is 23.4 Å². The second kappa shape index (κ2) is 6.20. The van der Waals surface area contributed by atoms with Crippen molar-refractivity contribution in [2.45, 2.75) is 45.6 Å². The number of imidazole rings is 1. The smallest absolute Gasteiger partial charge is 0.214 e. The van der Waals surface area contributed by atoms with Crippen LogP contribution in [0.25, 0.3) is 11.0 Å². The van der Waals surface area contributed by atoms with E-state index in [-0.39, 0.29) is 17.7 Å². The van der Waals surface area contributed by atoms with Crippen LogP contribution in [-0.4, -0.2) is 46.1 Å². The van der Waals surface area contributed by atoms with Gasteiger partial charge in [0.2, 0.25) is 10.0 Å². The minimum absolute atomic E-state index is 0.149. The first-order valence-corrected chi connectivity index (χ1v) is 9.84. The average molecular weight is 336 g/mol. The van der Waals surface area contributed by atoms with Gasteiger partial charge in [0.25, 0.3) is 0 Å². The van der Waals surface area contributed by atoms with E-state index >= 15 is 0 Å². The molecule has 0 N–H and O–H groups in total. The van der Waals surface area contributed by atoms with Crippen LogP contribution in [0.4, 0.5) is 0 Å². The number of rotatable bonds is 5. The Labute approximate surface area is 137 Å². The molecule has 1 unspecified atom stereocenters. The van der Waals surface area contributed by atoms with E-state index in [1.54, 1.807) is 10.5 Å². The summed E-state index contributed by atoms with van der Waals surface area (Å²) in [6.45, 7) is 7.27. The minimum atomic E-state index is -3.13. The van der Waals surface area contributed by atoms with Crippen molar-refractivity contribution >= 4 is 21.1 Å². The first kappa shape index (κ1) is 16.4. The molecule has 1 saturated heterocycles. The van der Waals surface area contributed by atoms with Crippen LogP contribution in [0.3, 0.4) is 0 Å². The van der Waals surface area contributed by atoms with Crippen molar-refractivity contribution < 1.29 is 8.42 Å². The first-order chi connectivity index (χ1) is 10.9. The SMILES string of the molecule is CCCS(=O)(=O)N1CCC(c2nc3ccncc3n2C(C)C)C1. The number of sulfonamides is 1. The van der Waals surface area contributed by atoms with Gasteiger partial charge in [0.05, 0.1) is 23.0 Å². The Balaban J connectivity index is 1.94. The number of hydrogen-bond donors (Lipinski definition) is 0. The Kier molecular flexibility index (Phi) is 4.42. The molecule has 23 heavy (non-hydrogen) atoms. The third-order valence-corrected chi connectivity index (χ3v) is 6.45. The molecule has 0 aliphatic carbocycles. The van der Waals surface area contributed by atoms with Gasteiger partial charge in [-0.1, -0.05) is 6.92 Å². The van der Waals surface area contributed by atoms with E-state index in [1.165, 1.54) is 0 Å². The highest BCUT2D eigenvalue weighted by molar-refractivity contribution is 7.89. The van der Waals surface area contributed by atoms with Crippen LogP contribution in [-0.2, 0) is 10.0 Å². The third-order valence-electron chi connectivity index (χ3n) is 4.41. The molecule has 1 aliphatic heterocycles. The van der Waals surface area contributed by atoms with Gasteiger partial charge in [-0.2, -0.15) is 0 Å². The predicted octanol–water partition coefficient (Wildman–Crippen LogP) is 2.54. The highest BCUT2D eigenvalue weighted by Crippen LogP contribution is 2.32. The fourth-order valence-electron chi connectivity index (χ4n) is 3.37. The maximum atomic E-state index is 12.3. The highest BCUT2D eigenvalue weighted by atomic mass is 32.2. The van der Waals surface area contributed by atoms with E-state index in [0.717, 1.165) is 23.3 Å². The summed E-state index contributed by atoms with van der Waals surface area (Å²) in [5.41, 5.74) is 1.95. The summed E-state index contributed by atoms with van der Waals surface area (Å²) in [5, 5.41) is 0. The highest BCUT2D eigenvalue weighted by Gasteiger charge is 2.34. The number of hydrogen-bond acceptors (Lipinski definition) is 4. The molecule has 0 radical (unpaired) electrons. The lowest BCUT2D eigenvalue weighted by molar-refractivity contribution is 0.466.